The van der Waals surface area contributed by atoms with E-state index in [9.17, 15) is 27.6 Å². The van der Waals surface area contributed by atoms with Crippen molar-refractivity contribution in [1.82, 2.24) is 15.0 Å². The van der Waals surface area contributed by atoms with E-state index in [0.717, 1.165) is 9.64 Å². The van der Waals surface area contributed by atoms with Gasteiger partial charge in [-0.05, 0) is 81.0 Å². The number of hydrogen-bond donors (Lipinski definition) is 0. The van der Waals surface area contributed by atoms with Gasteiger partial charge in [-0.2, -0.15) is 0 Å². The van der Waals surface area contributed by atoms with Crippen molar-refractivity contribution in [2.24, 2.45) is 0 Å². The summed E-state index contributed by atoms with van der Waals surface area (Å²) in [4.78, 5) is 13.3. The van der Waals surface area contributed by atoms with Crippen LogP contribution in [-0.2, 0) is 22.7 Å². The van der Waals surface area contributed by atoms with E-state index in [1.165, 1.54) is 46.0 Å². The Morgan fingerprint density at radius 3 is 2.17 bits per heavy atom. The van der Waals surface area contributed by atoms with Gasteiger partial charge in [0, 0.05) is 26.6 Å². The van der Waals surface area contributed by atoms with Crippen molar-refractivity contribution in [3.05, 3.63) is 80.4 Å². The molecule has 4 rings (SSSR count). The Kier molecular flexibility index (Phi) is 9.64. The standard InChI is InChI=1S/C19H12IN5O8S2.Na/c20-12-1-3-13(4-2-12)23-21-19(22-24(23)14-5-7-15(8-6-14)25(26)27)17-10-9-16(32-34(28)29)11-18(17)33-35(30)31;/h1-11H,(H-,28,29,30,31);/q;+1/p-1. The fraction of sp³-hybridized carbons (Fsp3) is 0. The van der Waals surface area contributed by atoms with E-state index >= 15 is 0 Å². The molecule has 0 spiro atoms. The van der Waals surface area contributed by atoms with Gasteiger partial charge in [-0.15, -0.1) is 0 Å². The molecule has 0 fully saturated rings. The average molecular weight is 651 g/mol. The van der Waals surface area contributed by atoms with Crippen LogP contribution < -0.4 is 42.7 Å². The number of tetrazole rings is 1. The molecule has 180 valence electrons. The molecule has 0 aliphatic heterocycles. The van der Waals surface area contributed by atoms with E-state index in [4.69, 9.17) is 4.18 Å². The Balaban J connectivity index is 0.00000361. The molecule has 0 radical (unpaired) electrons. The fourth-order valence-electron chi connectivity index (χ4n) is 2.97. The second-order valence-electron chi connectivity index (χ2n) is 6.59. The minimum Gasteiger partial charge on any atom is -0.740 e. The number of halogens is 1. The number of nitrogens with zero attached hydrogens (tertiary/aromatic N) is 5. The van der Waals surface area contributed by atoms with Crippen molar-refractivity contribution in [2.45, 2.75) is 0 Å². The van der Waals surface area contributed by atoms with Gasteiger partial charge >= 0.3 is 35.4 Å². The fourth-order valence-corrected chi connectivity index (χ4v) is 3.87. The van der Waals surface area contributed by atoms with Crippen molar-refractivity contribution < 1.29 is 65.2 Å². The molecule has 3 aromatic carbocycles. The van der Waals surface area contributed by atoms with Crippen LogP contribution in [0.5, 0.6) is 11.5 Å². The van der Waals surface area contributed by atoms with Crippen LogP contribution in [0.4, 0.5) is 5.69 Å². The van der Waals surface area contributed by atoms with E-state index < -0.39 is 27.6 Å². The summed E-state index contributed by atoms with van der Waals surface area (Å²) < 4.78 is 54.5. The third kappa shape index (κ3) is 6.71. The molecular weight excluding hydrogens is 640 g/mol. The van der Waals surface area contributed by atoms with E-state index in [2.05, 4.69) is 37.0 Å². The molecule has 0 aliphatic rings. The van der Waals surface area contributed by atoms with Gasteiger partial charge in [-0.25, -0.2) is 8.42 Å². The molecule has 2 atom stereocenters. The summed E-state index contributed by atoms with van der Waals surface area (Å²) in [5.41, 5.74) is 0.997. The number of aromatic nitrogens is 4. The molecule has 4 aromatic rings. The molecule has 1 heterocycles. The number of rotatable bonds is 8. The summed E-state index contributed by atoms with van der Waals surface area (Å²) in [6, 6.07) is 16.4. The van der Waals surface area contributed by atoms with Crippen LogP contribution in [0.3, 0.4) is 0 Å². The van der Waals surface area contributed by atoms with Gasteiger partial charge in [0.1, 0.15) is 34.2 Å². The van der Waals surface area contributed by atoms with E-state index in [1.807, 2.05) is 12.1 Å². The predicted molar refractivity (Wildman–Crippen MR) is 127 cm³/mol. The Bertz CT molecular complexity index is 1450. The van der Waals surface area contributed by atoms with Crippen LogP contribution in [0.15, 0.2) is 66.7 Å². The summed E-state index contributed by atoms with van der Waals surface area (Å²) in [6.07, 6.45) is 0. The number of benzene rings is 3. The van der Waals surface area contributed by atoms with Gasteiger partial charge < -0.3 is 17.5 Å². The van der Waals surface area contributed by atoms with Gasteiger partial charge in [-0.3, -0.25) is 10.1 Å². The Labute approximate surface area is 244 Å². The Morgan fingerprint density at radius 2 is 1.58 bits per heavy atom. The van der Waals surface area contributed by atoms with E-state index in [0.29, 0.717) is 11.4 Å². The zero-order chi connectivity index (χ0) is 25.1. The Morgan fingerprint density at radius 1 is 0.944 bits per heavy atom. The summed E-state index contributed by atoms with van der Waals surface area (Å²) in [5, 5.41) is 19.9. The maximum absolute atomic E-state index is 11.2. The van der Waals surface area contributed by atoms with Crippen molar-refractivity contribution in [1.29, 1.82) is 0 Å². The molecule has 0 bridgehead atoms. The Hall–Kier alpha value is -2.32. The van der Waals surface area contributed by atoms with Gasteiger partial charge in [-0.1, -0.05) is 0 Å². The summed E-state index contributed by atoms with van der Waals surface area (Å²) >= 11 is -3.75. The maximum Gasteiger partial charge on any atom is 1.00 e. The van der Waals surface area contributed by atoms with Gasteiger partial charge in [0.25, 0.3) is 5.69 Å². The first kappa shape index (κ1) is 28.3. The number of hydrogen-bond acceptors (Lipinski definition) is 10. The first-order valence-corrected chi connectivity index (χ1v) is 12.4. The molecule has 36 heavy (non-hydrogen) atoms. The van der Waals surface area contributed by atoms with Crippen LogP contribution in [0.25, 0.3) is 22.8 Å². The van der Waals surface area contributed by atoms with Crippen LogP contribution in [0.1, 0.15) is 0 Å². The first-order valence-electron chi connectivity index (χ1n) is 9.31. The predicted octanol–water partition coefficient (Wildman–Crippen LogP) is -0.926. The largest absolute Gasteiger partial charge is 1.00 e. The van der Waals surface area contributed by atoms with Crippen molar-refractivity contribution >= 4 is 51.0 Å². The van der Waals surface area contributed by atoms with Gasteiger partial charge in [0.05, 0.1) is 15.6 Å². The summed E-state index contributed by atoms with van der Waals surface area (Å²) in [7, 11) is 0. The van der Waals surface area contributed by atoms with Crippen LogP contribution >= 0.6 is 22.6 Å². The van der Waals surface area contributed by atoms with Crippen molar-refractivity contribution in [2.75, 3.05) is 0 Å². The zero-order valence-electron chi connectivity index (χ0n) is 18.0. The second-order valence-corrected chi connectivity index (χ2v) is 8.98. The molecule has 1 aromatic heterocycles. The molecule has 0 aliphatic carbocycles. The normalized spacial score (nSPS) is 12.3. The summed E-state index contributed by atoms with van der Waals surface area (Å²) in [6.45, 7) is 0. The summed E-state index contributed by atoms with van der Waals surface area (Å²) in [5.74, 6) is -0.461. The average Bonchev–Trinajstić information content (AvgIpc) is 3.24. The van der Waals surface area contributed by atoms with Crippen LogP contribution in [0.2, 0.25) is 0 Å². The molecular formula is C19H11IN5NaO8S2. The SMILES string of the molecule is O=[N+]([O-])c1ccc(-[n+]2nc(-c3ccc(OS(=O)[O-])cc3OS(=O)[O-])nn2-c2ccc(I)cc2)cc1.[Na+]. The van der Waals surface area contributed by atoms with E-state index in [1.54, 1.807) is 12.1 Å². The van der Waals surface area contributed by atoms with Gasteiger partial charge in [0.2, 0.25) is 0 Å². The second kappa shape index (κ2) is 12.3. The minimum atomic E-state index is -3.00. The number of non-ortho nitro benzene ring substituents is 1. The maximum atomic E-state index is 11.2. The molecule has 2 unspecified atom stereocenters. The molecule has 0 N–H and O–H groups in total. The van der Waals surface area contributed by atoms with Crippen LogP contribution in [-0.4, -0.2) is 37.4 Å². The topological polar surface area (TPSA) is 176 Å². The van der Waals surface area contributed by atoms with Crippen molar-refractivity contribution in [3.63, 3.8) is 0 Å². The monoisotopic (exact) mass is 651 g/mol. The molecule has 0 saturated heterocycles. The molecule has 17 heteroatoms. The minimum absolute atomic E-state index is 0. The molecule has 13 nitrogen and oxygen atoms in total. The van der Waals surface area contributed by atoms with Crippen molar-refractivity contribution in [3.8, 4) is 34.3 Å². The molecule has 0 saturated carbocycles. The zero-order valence-corrected chi connectivity index (χ0v) is 23.8. The van der Waals surface area contributed by atoms with Crippen LogP contribution in [0, 0.1) is 13.7 Å². The quantitative estimate of drug-likeness (QED) is 0.0578. The smallest absolute Gasteiger partial charge is 0.740 e. The third-order valence-electron chi connectivity index (χ3n) is 4.42. The van der Waals surface area contributed by atoms with E-state index in [-0.39, 0.29) is 58.1 Å². The van der Waals surface area contributed by atoms with Gasteiger partial charge in [0.15, 0.2) is 11.4 Å². The molecule has 0 amide bonds. The first-order chi connectivity index (χ1) is 16.7. The number of nitro benzene ring substituents is 1. The number of nitro groups is 1. The third-order valence-corrected chi connectivity index (χ3v) is 5.79.